The van der Waals surface area contributed by atoms with E-state index in [1.807, 2.05) is 0 Å². The van der Waals surface area contributed by atoms with Crippen LogP contribution in [0.4, 0.5) is 0 Å². The standard InChI is InChI=1S/C10H21NO5S/c1-3-16-10(12)9-15-7-5-11-6-8-17(13,14)4-2/h11H,3-9H2,1-2H3. The molecule has 0 amide bonds. The van der Waals surface area contributed by atoms with Crippen molar-refractivity contribution >= 4 is 15.8 Å². The quantitative estimate of drug-likeness (QED) is 0.428. The maximum atomic E-state index is 11.1. The van der Waals surface area contributed by atoms with E-state index in [2.05, 4.69) is 10.1 Å². The van der Waals surface area contributed by atoms with Gasteiger partial charge in [0.15, 0.2) is 9.84 Å². The van der Waals surface area contributed by atoms with E-state index < -0.39 is 9.84 Å². The highest BCUT2D eigenvalue weighted by Crippen LogP contribution is 1.86. The van der Waals surface area contributed by atoms with Gasteiger partial charge in [0.1, 0.15) is 6.61 Å². The molecule has 0 aliphatic rings. The average molecular weight is 267 g/mol. The Morgan fingerprint density at radius 1 is 1.24 bits per heavy atom. The van der Waals surface area contributed by atoms with Crippen LogP contribution >= 0.6 is 0 Å². The summed E-state index contributed by atoms with van der Waals surface area (Å²) in [5.41, 5.74) is 0. The first kappa shape index (κ1) is 16.3. The molecule has 0 aromatic heterocycles. The zero-order valence-corrected chi connectivity index (χ0v) is 11.2. The van der Waals surface area contributed by atoms with Crippen LogP contribution in [0.5, 0.6) is 0 Å². The van der Waals surface area contributed by atoms with Crippen LogP contribution in [0.3, 0.4) is 0 Å². The monoisotopic (exact) mass is 267 g/mol. The van der Waals surface area contributed by atoms with Crippen molar-refractivity contribution in [1.29, 1.82) is 0 Å². The fourth-order valence-electron chi connectivity index (χ4n) is 1.000. The summed E-state index contributed by atoms with van der Waals surface area (Å²) in [7, 11) is -2.91. The van der Waals surface area contributed by atoms with E-state index in [9.17, 15) is 13.2 Å². The van der Waals surface area contributed by atoms with Crippen LogP contribution < -0.4 is 5.32 Å². The van der Waals surface area contributed by atoms with Gasteiger partial charge in [0.25, 0.3) is 0 Å². The summed E-state index contributed by atoms with van der Waals surface area (Å²) in [5.74, 6) is -0.101. The Labute approximate surface area is 103 Å². The molecule has 17 heavy (non-hydrogen) atoms. The summed E-state index contributed by atoms with van der Waals surface area (Å²) in [6.07, 6.45) is 0. The zero-order chi connectivity index (χ0) is 13.1. The van der Waals surface area contributed by atoms with Crippen LogP contribution in [0.1, 0.15) is 13.8 Å². The van der Waals surface area contributed by atoms with Gasteiger partial charge < -0.3 is 14.8 Å². The molecule has 0 aliphatic carbocycles. The van der Waals surface area contributed by atoms with Gasteiger partial charge >= 0.3 is 5.97 Å². The first-order valence-corrected chi connectivity index (χ1v) is 7.48. The normalized spacial score (nSPS) is 11.4. The summed E-state index contributed by atoms with van der Waals surface area (Å²) in [4.78, 5) is 10.9. The SMILES string of the molecule is CCOC(=O)COCCNCCS(=O)(=O)CC. The number of hydrogen-bond acceptors (Lipinski definition) is 6. The molecule has 0 aromatic rings. The minimum absolute atomic E-state index is 0.0667. The van der Waals surface area contributed by atoms with E-state index in [4.69, 9.17) is 4.74 Å². The van der Waals surface area contributed by atoms with Crippen molar-refractivity contribution in [3.63, 3.8) is 0 Å². The number of esters is 1. The van der Waals surface area contributed by atoms with Gasteiger partial charge in [-0.1, -0.05) is 6.92 Å². The van der Waals surface area contributed by atoms with Crippen LogP contribution in [0.15, 0.2) is 0 Å². The molecule has 0 atom stereocenters. The molecule has 0 saturated carbocycles. The second kappa shape index (κ2) is 9.38. The number of carbonyl (C=O) groups excluding carboxylic acids is 1. The molecule has 6 nitrogen and oxygen atoms in total. The Bertz CT molecular complexity index is 302. The highest BCUT2D eigenvalue weighted by Gasteiger charge is 2.05. The van der Waals surface area contributed by atoms with Crippen LogP contribution in [0.25, 0.3) is 0 Å². The Morgan fingerprint density at radius 2 is 1.94 bits per heavy atom. The lowest BCUT2D eigenvalue weighted by atomic mass is 10.6. The largest absolute Gasteiger partial charge is 0.464 e. The third kappa shape index (κ3) is 10.2. The number of rotatable bonds is 10. The van der Waals surface area contributed by atoms with Crippen molar-refractivity contribution < 1.29 is 22.7 Å². The Kier molecular flexibility index (Phi) is 9.01. The molecule has 1 N–H and O–H groups in total. The predicted molar refractivity (Wildman–Crippen MR) is 64.6 cm³/mol. The van der Waals surface area contributed by atoms with Gasteiger partial charge in [0.2, 0.25) is 0 Å². The molecule has 7 heteroatoms. The van der Waals surface area contributed by atoms with Gasteiger partial charge in [-0.2, -0.15) is 0 Å². The summed E-state index contributed by atoms with van der Waals surface area (Å²) in [6.45, 7) is 4.89. The molecule has 0 spiro atoms. The molecular formula is C10H21NO5S. The third-order valence-electron chi connectivity index (χ3n) is 1.98. The average Bonchev–Trinajstić information content (AvgIpc) is 2.28. The minimum Gasteiger partial charge on any atom is -0.464 e. The first-order chi connectivity index (χ1) is 8.02. The van der Waals surface area contributed by atoms with Gasteiger partial charge in [-0.25, -0.2) is 13.2 Å². The fraction of sp³-hybridized carbons (Fsp3) is 0.900. The number of carbonyl (C=O) groups is 1. The first-order valence-electron chi connectivity index (χ1n) is 5.66. The Balaban J connectivity index is 3.33. The molecule has 0 bridgehead atoms. The molecule has 0 radical (unpaired) electrons. The van der Waals surface area contributed by atoms with E-state index in [-0.39, 0.29) is 24.1 Å². The number of sulfone groups is 1. The highest BCUT2D eigenvalue weighted by molar-refractivity contribution is 7.91. The predicted octanol–water partition coefficient (Wildman–Crippen LogP) is -0.410. The maximum Gasteiger partial charge on any atom is 0.332 e. The molecule has 0 fully saturated rings. The summed E-state index contributed by atoms with van der Waals surface area (Å²) in [5, 5.41) is 2.93. The van der Waals surface area contributed by atoms with E-state index in [0.717, 1.165) is 0 Å². The summed E-state index contributed by atoms with van der Waals surface area (Å²) >= 11 is 0. The second-order valence-electron chi connectivity index (χ2n) is 3.34. The van der Waals surface area contributed by atoms with Crippen molar-refractivity contribution in [3.8, 4) is 0 Å². The topological polar surface area (TPSA) is 81.7 Å². The van der Waals surface area contributed by atoms with Crippen LogP contribution in [-0.2, 0) is 24.1 Å². The maximum absolute atomic E-state index is 11.1. The van der Waals surface area contributed by atoms with Gasteiger partial charge in [0, 0.05) is 18.8 Å². The van der Waals surface area contributed by atoms with E-state index in [1.165, 1.54) is 0 Å². The van der Waals surface area contributed by atoms with Crippen LogP contribution in [0, 0.1) is 0 Å². The highest BCUT2D eigenvalue weighted by atomic mass is 32.2. The Hall–Kier alpha value is -0.660. The molecule has 0 rings (SSSR count). The minimum atomic E-state index is -2.91. The van der Waals surface area contributed by atoms with Crippen molar-refractivity contribution in [2.45, 2.75) is 13.8 Å². The van der Waals surface area contributed by atoms with Crippen molar-refractivity contribution in [3.05, 3.63) is 0 Å². The molecule has 0 heterocycles. The third-order valence-corrected chi connectivity index (χ3v) is 3.68. The number of hydrogen-bond donors (Lipinski definition) is 1. The van der Waals surface area contributed by atoms with Crippen molar-refractivity contribution in [2.24, 2.45) is 0 Å². The lowest BCUT2D eigenvalue weighted by Gasteiger charge is -2.06. The second-order valence-corrected chi connectivity index (χ2v) is 5.82. The molecule has 0 aliphatic heterocycles. The van der Waals surface area contributed by atoms with Crippen molar-refractivity contribution in [2.75, 3.05) is 44.4 Å². The van der Waals surface area contributed by atoms with Crippen LogP contribution in [-0.4, -0.2) is 58.8 Å². The molecule has 0 saturated heterocycles. The van der Waals surface area contributed by atoms with Gasteiger partial charge in [-0.15, -0.1) is 0 Å². The lowest BCUT2D eigenvalue weighted by molar-refractivity contribution is -0.148. The molecule has 0 unspecified atom stereocenters. The molecule has 0 aromatic carbocycles. The number of ether oxygens (including phenoxy) is 2. The van der Waals surface area contributed by atoms with Gasteiger partial charge in [0.05, 0.1) is 19.0 Å². The smallest absolute Gasteiger partial charge is 0.332 e. The number of nitrogens with one attached hydrogen (secondary N) is 1. The fourth-order valence-corrected chi connectivity index (χ4v) is 1.74. The van der Waals surface area contributed by atoms with E-state index in [1.54, 1.807) is 13.8 Å². The zero-order valence-electron chi connectivity index (χ0n) is 10.4. The molecular weight excluding hydrogens is 246 g/mol. The van der Waals surface area contributed by atoms with E-state index >= 15 is 0 Å². The molecule has 102 valence electrons. The summed E-state index contributed by atoms with van der Waals surface area (Å²) in [6, 6.07) is 0. The Morgan fingerprint density at radius 3 is 2.53 bits per heavy atom. The lowest BCUT2D eigenvalue weighted by Crippen LogP contribution is -2.27. The van der Waals surface area contributed by atoms with Gasteiger partial charge in [-0.3, -0.25) is 0 Å². The van der Waals surface area contributed by atoms with E-state index in [0.29, 0.717) is 26.3 Å². The van der Waals surface area contributed by atoms with Gasteiger partial charge in [-0.05, 0) is 6.92 Å². The van der Waals surface area contributed by atoms with Crippen LogP contribution in [0.2, 0.25) is 0 Å². The van der Waals surface area contributed by atoms with Crippen molar-refractivity contribution in [1.82, 2.24) is 5.32 Å². The summed E-state index contributed by atoms with van der Waals surface area (Å²) < 4.78 is 31.9.